The third-order valence-corrected chi connectivity index (χ3v) is 2.34. The van der Waals surface area contributed by atoms with Crippen LogP contribution < -0.4 is 10.6 Å². The summed E-state index contributed by atoms with van der Waals surface area (Å²) in [5, 5.41) is 5.61. The first-order valence-electron chi connectivity index (χ1n) is 4.37. The molecule has 0 bridgehead atoms. The molecule has 2 amide bonds. The second-order valence-electron chi connectivity index (χ2n) is 3.26. The minimum absolute atomic E-state index is 0.0757. The van der Waals surface area contributed by atoms with E-state index >= 15 is 0 Å². The maximum Gasteiger partial charge on any atom is 0.315 e. The normalized spacial score (nSPS) is 21.0. The molecule has 1 aliphatic heterocycles. The van der Waals surface area contributed by atoms with E-state index in [-0.39, 0.29) is 12.1 Å². The summed E-state index contributed by atoms with van der Waals surface area (Å²) in [5.74, 6) is 0. The lowest BCUT2D eigenvalue weighted by Crippen LogP contribution is -2.21. The maximum absolute atomic E-state index is 10.9. The van der Waals surface area contributed by atoms with Crippen molar-refractivity contribution >= 4 is 6.03 Å². The van der Waals surface area contributed by atoms with E-state index in [1.54, 1.807) is 0 Å². The molecule has 3 nitrogen and oxygen atoms in total. The van der Waals surface area contributed by atoms with E-state index in [1.807, 2.05) is 18.2 Å². The van der Waals surface area contributed by atoms with Gasteiger partial charge in [0.2, 0.25) is 0 Å². The van der Waals surface area contributed by atoms with Crippen LogP contribution in [0.25, 0.3) is 0 Å². The molecule has 0 radical (unpaired) electrons. The van der Waals surface area contributed by atoms with Gasteiger partial charge in [0.1, 0.15) is 0 Å². The molecule has 0 spiro atoms. The molecule has 1 aromatic rings. The number of rotatable bonds is 1. The zero-order chi connectivity index (χ0) is 9.26. The standard InChI is InChI=1S/C10H12N2O/c1-7-4-2-3-5-8(7)9-6-11-10(13)12-9/h2-5,9H,6H2,1H3,(H2,11,12,13)/t9-/m0/s1. The average molecular weight is 176 g/mol. The third-order valence-electron chi connectivity index (χ3n) is 2.34. The fourth-order valence-corrected chi connectivity index (χ4v) is 1.62. The molecule has 0 aliphatic carbocycles. The summed E-state index contributed by atoms with van der Waals surface area (Å²) in [6, 6.07) is 8.16. The molecule has 13 heavy (non-hydrogen) atoms. The molecule has 1 heterocycles. The van der Waals surface area contributed by atoms with Crippen molar-refractivity contribution in [3.8, 4) is 0 Å². The van der Waals surface area contributed by atoms with E-state index in [0.717, 1.165) is 0 Å². The zero-order valence-corrected chi connectivity index (χ0v) is 7.50. The van der Waals surface area contributed by atoms with Crippen LogP contribution in [0.1, 0.15) is 17.2 Å². The smallest absolute Gasteiger partial charge is 0.315 e. The molecule has 68 valence electrons. The van der Waals surface area contributed by atoms with Crippen LogP contribution >= 0.6 is 0 Å². The molecule has 1 atom stereocenters. The fourth-order valence-electron chi connectivity index (χ4n) is 1.62. The molecule has 2 N–H and O–H groups in total. The highest BCUT2D eigenvalue weighted by Gasteiger charge is 2.22. The first kappa shape index (κ1) is 8.10. The Morgan fingerprint density at radius 1 is 1.38 bits per heavy atom. The van der Waals surface area contributed by atoms with Gasteiger partial charge in [-0.15, -0.1) is 0 Å². The quantitative estimate of drug-likeness (QED) is 0.666. The van der Waals surface area contributed by atoms with Crippen LogP contribution in [0.15, 0.2) is 24.3 Å². The highest BCUT2D eigenvalue weighted by Crippen LogP contribution is 2.18. The van der Waals surface area contributed by atoms with Crippen molar-refractivity contribution in [1.82, 2.24) is 10.6 Å². The van der Waals surface area contributed by atoms with E-state index < -0.39 is 0 Å². The second-order valence-corrected chi connectivity index (χ2v) is 3.26. The number of nitrogens with one attached hydrogen (secondary N) is 2. The second kappa shape index (κ2) is 3.09. The summed E-state index contributed by atoms with van der Waals surface area (Å²) in [5.41, 5.74) is 2.41. The first-order chi connectivity index (χ1) is 6.27. The largest absolute Gasteiger partial charge is 0.336 e. The Labute approximate surface area is 77.1 Å². The van der Waals surface area contributed by atoms with Crippen molar-refractivity contribution in [2.45, 2.75) is 13.0 Å². The van der Waals surface area contributed by atoms with Crippen LogP contribution in [-0.2, 0) is 0 Å². The maximum atomic E-state index is 10.9. The lowest BCUT2D eigenvalue weighted by molar-refractivity contribution is 0.247. The molecule has 1 fully saturated rings. The van der Waals surface area contributed by atoms with Crippen molar-refractivity contribution < 1.29 is 4.79 Å². The van der Waals surface area contributed by atoms with Gasteiger partial charge in [0.25, 0.3) is 0 Å². The predicted molar refractivity (Wildman–Crippen MR) is 50.5 cm³/mol. The summed E-state index contributed by atoms with van der Waals surface area (Å²) < 4.78 is 0. The Kier molecular flexibility index (Phi) is 1.93. The Balaban J connectivity index is 2.26. The van der Waals surface area contributed by atoms with Crippen LogP contribution in [0, 0.1) is 6.92 Å². The summed E-state index contributed by atoms with van der Waals surface area (Å²) >= 11 is 0. The summed E-state index contributed by atoms with van der Waals surface area (Å²) in [6.07, 6.45) is 0. The van der Waals surface area contributed by atoms with Gasteiger partial charge in [0, 0.05) is 6.54 Å². The van der Waals surface area contributed by atoms with E-state index in [0.29, 0.717) is 6.54 Å². The minimum atomic E-state index is -0.0757. The third kappa shape index (κ3) is 1.49. The van der Waals surface area contributed by atoms with Gasteiger partial charge in [-0.3, -0.25) is 0 Å². The Morgan fingerprint density at radius 3 is 2.77 bits per heavy atom. The van der Waals surface area contributed by atoms with E-state index in [1.165, 1.54) is 11.1 Å². The highest BCUT2D eigenvalue weighted by atomic mass is 16.2. The van der Waals surface area contributed by atoms with Gasteiger partial charge in [0.15, 0.2) is 0 Å². The van der Waals surface area contributed by atoms with E-state index in [9.17, 15) is 4.79 Å². The predicted octanol–water partition coefficient (Wildman–Crippen LogP) is 1.35. The van der Waals surface area contributed by atoms with E-state index in [2.05, 4.69) is 23.6 Å². The number of hydrogen-bond acceptors (Lipinski definition) is 1. The topological polar surface area (TPSA) is 41.1 Å². The number of benzene rings is 1. The van der Waals surface area contributed by atoms with Crippen LogP contribution in [0.2, 0.25) is 0 Å². The highest BCUT2D eigenvalue weighted by molar-refractivity contribution is 5.77. The monoisotopic (exact) mass is 176 g/mol. The molecule has 1 aromatic carbocycles. The molecule has 0 unspecified atom stereocenters. The van der Waals surface area contributed by atoms with Crippen LogP contribution in [0.4, 0.5) is 4.79 Å². The minimum Gasteiger partial charge on any atom is -0.336 e. The molecule has 1 saturated heterocycles. The van der Waals surface area contributed by atoms with Crippen molar-refractivity contribution in [3.63, 3.8) is 0 Å². The molecular weight excluding hydrogens is 164 g/mol. The molecule has 1 aliphatic rings. The Bertz CT molecular complexity index is 335. The van der Waals surface area contributed by atoms with Crippen LogP contribution in [0.5, 0.6) is 0 Å². The molecule has 2 rings (SSSR count). The number of carbonyl (C=O) groups excluding carboxylic acids is 1. The summed E-state index contributed by atoms with van der Waals surface area (Å²) in [4.78, 5) is 10.9. The lowest BCUT2D eigenvalue weighted by Gasteiger charge is -2.11. The van der Waals surface area contributed by atoms with Gasteiger partial charge in [0.05, 0.1) is 6.04 Å². The molecule has 0 aromatic heterocycles. The summed E-state index contributed by atoms with van der Waals surface area (Å²) in [6.45, 7) is 2.74. The van der Waals surface area contributed by atoms with Crippen molar-refractivity contribution in [2.75, 3.05) is 6.54 Å². The van der Waals surface area contributed by atoms with E-state index in [4.69, 9.17) is 0 Å². The van der Waals surface area contributed by atoms with Crippen LogP contribution in [0.3, 0.4) is 0 Å². The average Bonchev–Trinajstić information content (AvgIpc) is 2.53. The van der Waals surface area contributed by atoms with Crippen LogP contribution in [-0.4, -0.2) is 12.6 Å². The number of urea groups is 1. The first-order valence-corrected chi connectivity index (χ1v) is 4.37. The summed E-state index contributed by atoms with van der Waals surface area (Å²) in [7, 11) is 0. The Hall–Kier alpha value is -1.51. The van der Waals surface area contributed by atoms with Gasteiger partial charge >= 0.3 is 6.03 Å². The zero-order valence-electron chi connectivity index (χ0n) is 7.50. The van der Waals surface area contributed by atoms with Crippen molar-refractivity contribution in [1.29, 1.82) is 0 Å². The fraction of sp³-hybridized carbons (Fsp3) is 0.300. The van der Waals surface area contributed by atoms with Gasteiger partial charge in [-0.1, -0.05) is 24.3 Å². The van der Waals surface area contributed by atoms with Gasteiger partial charge in [-0.05, 0) is 18.1 Å². The molecular formula is C10H12N2O. The van der Waals surface area contributed by atoms with Crippen molar-refractivity contribution in [2.24, 2.45) is 0 Å². The van der Waals surface area contributed by atoms with Crippen molar-refractivity contribution in [3.05, 3.63) is 35.4 Å². The SMILES string of the molecule is Cc1ccccc1[C@@H]1CNC(=O)N1. The van der Waals surface area contributed by atoms with Gasteiger partial charge in [-0.25, -0.2) is 4.79 Å². The van der Waals surface area contributed by atoms with Gasteiger partial charge < -0.3 is 10.6 Å². The molecule has 3 heteroatoms. The number of aryl methyl sites for hydroxylation is 1. The number of carbonyl (C=O) groups is 1. The molecule has 0 saturated carbocycles. The Morgan fingerprint density at radius 2 is 2.15 bits per heavy atom. The lowest BCUT2D eigenvalue weighted by atomic mass is 10.0. The van der Waals surface area contributed by atoms with Gasteiger partial charge in [-0.2, -0.15) is 0 Å². The number of hydrogen-bond donors (Lipinski definition) is 2. The number of amides is 2.